The summed E-state index contributed by atoms with van der Waals surface area (Å²) in [6, 6.07) is 6.30. The Balaban J connectivity index is 3.06. The van der Waals surface area contributed by atoms with Crippen molar-refractivity contribution in [2.75, 3.05) is 7.11 Å². The maximum Gasteiger partial charge on any atom is 0.0814 e. The normalized spacial score (nSPS) is 14.0. The fourth-order valence-corrected chi connectivity index (χ4v) is 1.72. The largest absolute Gasteiger partial charge is 0.377 e. The van der Waals surface area contributed by atoms with Gasteiger partial charge in [-0.1, -0.05) is 29.3 Å². The van der Waals surface area contributed by atoms with Crippen LogP contribution in [0, 0.1) is 13.8 Å². The monoisotopic (exact) mass is 207 g/mol. The van der Waals surface area contributed by atoms with Crippen LogP contribution >= 0.6 is 0 Å². The lowest BCUT2D eigenvalue weighted by atomic mass is 9.90. The summed E-state index contributed by atoms with van der Waals surface area (Å²) in [5, 5.41) is 0. The van der Waals surface area contributed by atoms with Crippen LogP contribution in [0.25, 0.3) is 0 Å². The second kappa shape index (κ2) is 4.33. The first-order valence-corrected chi connectivity index (χ1v) is 5.26. The van der Waals surface area contributed by atoms with Crippen LogP contribution in [0.2, 0.25) is 0 Å². The summed E-state index contributed by atoms with van der Waals surface area (Å²) in [5.41, 5.74) is 9.49. The average molecular weight is 207 g/mol. The molecule has 0 saturated heterocycles. The molecule has 1 aromatic carbocycles. The fraction of sp³-hybridized carbons (Fsp3) is 0.538. The van der Waals surface area contributed by atoms with Crippen molar-refractivity contribution >= 4 is 0 Å². The molecule has 2 nitrogen and oxygen atoms in total. The van der Waals surface area contributed by atoms with Crippen molar-refractivity contribution in [3.63, 3.8) is 0 Å². The number of nitrogens with two attached hydrogens (primary N) is 1. The summed E-state index contributed by atoms with van der Waals surface area (Å²) in [4.78, 5) is 0. The molecule has 1 aromatic rings. The maximum absolute atomic E-state index is 6.20. The van der Waals surface area contributed by atoms with Crippen LogP contribution in [0.5, 0.6) is 0 Å². The Hall–Kier alpha value is -0.860. The van der Waals surface area contributed by atoms with E-state index in [1.165, 1.54) is 11.1 Å². The van der Waals surface area contributed by atoms with E-state index in [4.69, 9.17) is 10.5 Å². The second-order valence-corrected chi connectivity index (χ2v) is 4.71. The summed E-state index contributed by atoms with van der Waals surface area (Å²) >= 11 is 0. The molecule has 0 spiro atoms. The second-order valence-electron chi connectivity index (χ2n) is 4.71. The predicted octanol–water partition coefficient (Wildman–Crippen LogP) is 2.73. The van der Waals surface area contributed by atoms with Gasteiger partial charge in [0.05, 0.1) is 11.6 Å². The third-order valence-electron chi connectivity index (χ3n) is 2.88. The van der Waals surface area contributed by atoms with Crippen molar-refractivity contribution in [3.05, 3.63) is 34.9 Å². The lowest BCUT2D eigenvalue weighted by molar-refractivity contribution is -0.0000479. The molecule has 0 aromatic heterocycles. The van der Waals surface area contributed by atoms with Gasteiger partial charge < -0.3 is 10.5 Å². The van der Waals surface area contributed by atoms with Crippen molar-refractivity contribution < 1.29 is 4.74 Å². The minimum Gasteiger partial charge on any atom is -0.377 e. The highest BCUT2D eigenvalue weighted by atomic mass is 16.5. The van der Waals surface area contributed by atoms with Gasteiger partial charge in [-0.15, -0.1) is 0 Å². The molecule has 0 fully saturated rings. The highest BCUT2D eigenvalue weighted by molar-refractivity contribution is 5.31. The fourth-order valence-electron chi connectivity index (χ4n) is 1.72. The summed E-state index contributed by atoms with van der Waals surface area (Å²) in [7, 11) is 1.70. The van der Waals surface area contributed by atoms with Gasteiger partial charge in [-0.2, -0.15) is 0 Å². The van der Waals surface area contributed by atoms with Gasteiger partial charge in [0.1, 0.15) is 0 Å². The van der Waals surface area contributed by atoms with E-state index in [2.05, 4.69) is 32.0 Å². The molecule has 0 saturated carbocycles. The lowest BCUT2D eigenvalue weighted by Crippen LogP contribution is -2.37. The van der Waals surface area contributed by atoms with Gasteiger partial charge in [0.2, 0.25) is 0 Å². The minimum absolute atomic E-state index is 0.0962. The Labute approximate surface area is 92.4 Å². The first-order chi connectivity index (χ1) is 6.86. The molecular formula is C13H21NO. The Morgan fingerprint density at radius 3 is 2.00 bits per heavy atom. The number of benzene rings is 1. The molecule has 0 radical (unpaired) electrons. The zero-order chi connectivity index (χ0) is 11.6. The van der Waals surface area contributed by atoms with Crippen LogP contribution in [0.4, 0.5) is 0 Å². The first-order valence-electron chi connectivity index (χ1n) is 5.26. The number of hydrogen-bond acceptors (Lipinski definition) is 2. The molecule has 84 valence electrons. The van der Waals surface area contributed by atoms with E-state index in [0.29, 0.717) is 0 Å². The molecule has 2 N–H and O–H groups in total. The van der Waals surface area contributed by atoms with Crippen LogP contribution in [-0.2, 0) is 4.74 Å². The van der Waals surface area contributed by atoms with E-state index in [1.807, 2.05) is 13.8 Å². The molecule has 1 unspecified atom stereocenters. The Morgan fingerprint density at radius 2 is 1.60 bits per heavy atom. The zero-order valence-corrected chi connectivity index (χ0v) is 10.3. The lowest BCUT2D eigenvalue weighted by Gasteiger charge is -2.30. The molecule has 2 heteroatoms. The van der Waals surface area contributed by atoms with Gasteiger partial charge in [0, 0.05) is 7.11 Å². The van der Waals surface area contributed by atoms with Gasteiger partial charge in [-0.05, 0) is 33.3 Å². The van der Waals surface area contributed by atoms with Gasteiger partial charge in [-0.3, -0.25) is 0 Å². The number of hydrogen-bond donors (Lipinski definition) is 1. The van der Waals surface area contributed by atoms with E-state index >= 15 is 0 Å². The quantitative estimate of drug-likeness (QED) is 0.827. The minimum atomic E-state index is -0.333. The van der Waals surface area contributed by atoms with Gasteiger partial charge in [0.25, 0.3) is 0 Å². The number of rotatable bonds is 3. The molecule has 0 bridgehead atoms. The van der Waals surface area contributed by atoms with Crippen LogP contribution < -0.4 is 5.73 Å². The third-order valence-corrected chi connectivity index (χ3v) is 2.88. The van der Waals surface area contributed by atoms with Crippen molar-refractivity contribution in [2.45, 2.75) is 39.3 Å². The maximum atomic E-state index is 6.20. The Morgan fingerprint density at radius 1 is 1.13 bits per heavy atom. The topological polar surface area (TPSA) is 35.2 Å². The van der Waals surface area contributed by atoms with Crippen LogP contribution in [-0.4, -0.2) is 12.7 Å². The van der Waals surface area contributed by atoms with E-state index in [1.54, 1.807) is 7.11 Å². The molecule has 0 aliphatic rings. The van der Waals surface area contributed by atoms with Crippen molar-refractivity contribution in [1.82, 2.24) is 0 Å². The summed E-state index contributed by atoms with van der Waals surface area (Å²) in [5.74, 6) is 0. The van der Waals surface area contributed by atoms with E-state index < -0.39 is 0 Å². The molecule has 1 atom stereocenters. The van der Waals surface area contributed by atoms with Crippen LogP contribution in [0.15, 0.2) is 18.2 Å². The highest BCUT2D eigenvalue weighted by Gasteiger charge is 2.27. The summed E-state index contributed by atoms with van der Waals surface area (Å²) in [6.45, 7) is 8.19. The standard InChI is InChI=1S/C13H21NO/c1-9-6-10(2)8-11(7-9)12(14)13(3,4)15-5/h6-8,12H,14H2,1-5H3. The molecule has 0 aliphatic carbocycles. The number of methoxy groups -OCH3 is 1. The average Bonchev–Trinajstić information content (AvgIpc) is 2.15. The zero-order valence-electron chi connectivity index (χ0n) is 10.3. The van der Waals surface area contributed by atoms with E-state index in [9.17, 15) is 0 Å². The van der Waals surface area contributed by atoms with Crippen molar-refractivity contribution in [2.24, 2.45) is 5.73 Å². The van der Waals surface area contributed by atoms with Crippen molar-refractivity contribution in [1.29, 1.82) is 0 Å². The SMILES string of the molecule is COC(C)(C)C(N)c1cc(C)cc(C)c1. The summed E-state index contributed by atoms with van der Waals surface area (Å²) in [6.07, 6.45) is 0. The first kappa shape index (κ1) is 12.2. The van der Waals surface area contributed by atoms with Crippen LogP contribution in [0.1, 0.15) is 36.6 Å². The molecule has 1 rings (SSSR count). The van der Waals surface area contributed by atoms with Crippen molar-refractivity contribution in [3.8, 4) is 0 Å². The van der Waals surface area contributed by atoms with E-state index in [0.717, 1.165) is 5.56 Å². The molecule has 0 heterocycles. The van der Waals surface area contributed by atoms with Gasteiger partial charge in [0.15, 0.2) is 0 Å². The molecule has 0 aliphatic heterocycles. The Kier molecular flexibility index (Phi) is 3.53. The van der Waals surface area contributed by atoms with Gasteiger partial charge >= 0.3 is 0 Å². The van der Waals surface area contributed by atoms with Crippen LogP contribution in [0.3, 0.4) is 0 Å². The molecular weight excluding hydrogens is 186 g/mol. The molecule has 0 amide bonds. The number of aryl methyl sites for hydroxylation is 2. The third kappa shape index (κ3) is 2.80. The smallest absolute Gasteiger partial charge is 0.0814 e. The number of ether oxygens (including phenoxy) is 1. The highest BCUT2D eigenvalue weighted by Crippen LogP contribution is 2.27. The molecule has 15 heavy (non-hydrogen) atoms. The Bertz CT molecular complexity index is 324. The van der Waals surface area contributed by atoms with E-state index in [-0.39, 0.29) is 11.6 Å². The predicted molar refractivity (Wildman–Crippen MR) is 63.9 cm³/mol. The summed E-state index contributed by atoms with van der Waals surface area (Å²) < 4.78 is 5.41. The van der Waals surface area contributed by atoms with Gasteiger partial charge in [-0.25, -0.2) is 0 Å².